The molecule has 3 heterocycles. The summed E-state index contributed by atoms with van der Waals surface area (Å²) in [7, 11) is 3.93. The van der Waals surface area contributed by atoms with E-state index in [2.05, 4.69) is 43.5 Å². The zero-order chi connectivity index (χ0) is 20.8. The summed E-state index contributed by atoms with van der Waals surface area (Å²) in [5.74, 6) is 3.28. The Labute approximate surface area is 177 Å². The van der Waals surface area contributed by atoms with Crippen LogP contribution in [0.2, 0.25) is 0 Å². The number of nitrogens with zero attached hydrogens (tertiary/aromatic N) is 4. The molecule has 0 aliphatic carbocycles. The molecule has 8 nitrogen and oxygen atoms in total. The molecule has 2 N–H and O–H groups in total. The lowest BCUT2D eigenvalue weighted by Crippen LogP contribution is -2.45. The van der Waals surface area contributed by atoms with Crippen LogP contribution >= 0.6 is 0 Å². The second-order valence-corrected chi connectivity index (χ2v) is 7.54. The lowest BCUT2D eigenvalue weighted by atomic mass is 10.2. The van der Waals surface area contributed by atoms with E-state index in [4.69, 9.17) is 9.47 Å². The summed E-state index contributed by atoms with van der Waals surface area (Å²) in [4.78, 5) is 13.7. The average Bonchev–Trinajstić information content (AvgIpc) is 3.02. The van der Waals surface area contributed by atoms with Crippen LogP contribution in [0.3, 0.4) is 0 Å². The third kappa shape index (κ3) is 4.94. The Morgan fingerprint density at radius 1 is 1.10 bits per heavy atom. The van der Waals surface area contributed by atoms with Crippen LogP contribution in [0.4, 0.5) is 11.5 Å². The van der Waals surface area contributed by atoms with Crippen molar-refractivity contribution in [1.82, 2.24) is 15.2 Å². The molecule has 0 saturated carbocycles. The number of anilines is 2. The molecule has 1 saturated heterocycles. The molecule has 1 aromatic heterocycles. The number of aliphatic imine (C=N–C) groups is 1. The van der Waals surface area contributed by atoms with Gasteiger partial charge in [0.1, 0.15) is 5.82 Å². The van der Waals surface area contributed by atoms with E-state index in [1.165, 1.54) is 0 Å². The first kappa shape index (κ1) is 20.3. The summed E-state index contributed by atoms with van der Waals surface area (Å²) in [6, 6.07) is 9.96. The molecule has 2 aliphatic rings. The van der Waals surface area contributed by atoms with Gasteiger partial charge in [-0.3, -0.25) is 4.99 Å². The van der Waals surface area contributed by atoms with Crippen LogP contribution in [0, 0.1) is 0 Å². The van der Waals surface area contributed by atoms with Crippen LogP contribution in [0.15, 0.2) is 41.5 Å². The zero-order valence-corrected chi connectivity index (χ0v) is 17.7. The highest BCUT2D eigenvalue weighted by Crippen LogP contribution is 2.32. The molecule has 30 heavy (non-hydrogen) atoms. The van der Waals surface area contributed by atoms with Gasteiger partial charge < -0.3 is 29.9 Å². The summed E-state index contributed by atoms with van der Waals surface area (Å²) in [5, 5.41) is 6.74. The third-order valence-corrected chi connectivity index (χ3v) is 5.35. The quantitative estimate of drug-likeness (QED) is 0.591. The van der Waals surface area contributed by atoms with Gasteiger partial charge in [0.25, 0.3) is 0 Å². The van der Waals surface area contributed by atoms with E-state index in [9.17, 15) is 0 Å². The number of guanidine groups is 1. The Morgan fingerprint density at radius 3 is 2.70 bits per heavy atom. The maximum Gasteiger partial charge on any atom is 0.195 e. The molecule has 2 aliphatic heterocycles. The Balaban J connectivity index is 1.40. The lowest BCUT2D eigenvalue weighted by molar-refractivity contribution is 0.297. The van der Waals surface area contributed by atoms with Crippen LogP contribution in [0.25, 0.3) is 0 Å². The molecule has 4 rings (SSSR count). The molecule has 0 atom stereocenters. The maximum atomic E-state index is 5.78. The van der Waals surface area contributed by atoms with Crippen molar-refractivity contribution in [2.75, 3.05) is 63.7 Å². The first-order valence-corrected chi connectivity index (χ1v) is 10.5. The number of nitrogens with one attached hydrogen (secondary N) is 2. The standard InChI is InChI=1S/C22H30N6O2/c1-23-22(26-18-6-7-19-20(15-18)30-14-4-13-29-19)25-16-17-5-3-8-24-21(17)28-11-9-27(2)10-12-28/h3,5-8,15H,4,9-14,16H2,1-2H3,(H2,23,25,26). The topological polar surface area (TPSA) is 74.3 Å². The van der Waals surface area contributed by atoms with Crippen molar-refractivity contribution in [2.45, 2.75) is 13.0 Å². The van der Waals surface area contributed by atoms with Gasteiger partial charge in [0, 0.05) is 69.7 Å². The predicted octanol–water partition coefficient (Wildman–Crippen LogP) is 2.18. The van der Waals surface area contributed by atoms with Gasteiger partial charge in [-0.15, -0.1) is 0 Å². The summed E-state index contributed by atoms with van der Waals surface area (Å²) >= 11 is 0. The zero-order valence-electron chi connectivity index (χ0n) is 17.7. The van der Waals surface area contributed by atoms with Gasteiger partial charge in [0.15, 0.2) is 17.5 Å². The number of rotatable bonds is 4. The number of piperazine rings is 1. The molecule has 0 unspecified atom stereocenters. The largest absolute Gasteiger partial charge is 0.490 e. The summed E-state index contributed by atoms with van der Waals surface area (Å²) < 4.78 is 11.5. The predicted molar refractivity (Wildman–Crippen MR) is 120 cm³/mol. The van der Waals surface area contributed by atoms with Gasteiger partial charge in [-0.25, -0.2) is 4.98 Å². The number of aromatic nitrogens is 1. The van der Waals surface area contributed by atoms with E-state index >= 15 is 0 Å². The van der Waals surface area contributed by atoms with Gasteiger partial charge in [-0.1, -0.05) is 6.07 Å². The first-order valence-electron chi connectivity index (χ1n) is 10.5. The van der Waals surface area contributed by atoms with E-state index in [1.54, 1.807) is 7.05 Å². The summed E-state index contributed by atoms with van der Waals surface area (Å²) in [6.07, 6.45) is 2.75. The number of fused-ring (bicyclic) bond motifs is 1. The third-order valence-electron chi connectivity index (χ3n) is 5.35. The van der Waals surface area contributed by atoms with Gasteiger partial charge in [-0.2, -0.15) is 0 Å². The number of likely N-dealkylation sites (N-methyl/N-ethyl adjacent to an activating group) is 1. The second kappa shape index (κ2) is 9.67. The van der Waals surface area contributed by atoms with E-state index in [-0.39, 0.29) is 0 Å². The highest BCUT2D eigenvalue weighted by Gasteiger charge is 2.18. The SMILES string of the molecule is CN=C(NCc1cccnc1N1CCN(C)CC1)Nc1ccc2c(c1)OCCCO2. The molecule has 2 aromatic rings. The highest BCUT2D eigenvalue weighted by molar-refractivity contribution is 5.93. The van der Waals surface area contributed by atoms with Crippen molar-refractivity contribution in [2.24, 2.45) is 4.99 Å². The molecule has 0 amide bonds. The van der Waals surface area contributed by atoms with E-state index in [1.807, 2.05) is 30.5 Å². The Morgan fingerprint density at radius 2 is 1.90 bits per heavy atom. The fraction of sp³-hybridized carbons (Fsp3) is 0.455. The highest BCUT2D eigenvalue weighted by atomic mass is 16.5. The minimum atomic E-state index is 0.639. The number of hydrogen-bond acceptors (Lipinski definition) is 6. The monoisotopic (exact) mass is 410 g/mol. The lowest BCUT2D eigenvalue weighted by Gasteiger charge is -2.34. The molecule has 0 radical (unpaired) electrons. The fourth-order valence-corrected chi connectivity index (χ4v) is 3.61. The van der Waals surface area contributed by atoms with Crippen molar-refractivity contribution in [3.63, 3.8) is 0 Å². The van der Waals surface area contributed by atoms with Crippen LogP contribution in [0.5, 0.6) is 11.5 Å². The molecule has 1 aromatic carbocycles. The second-order valence-electron chi connectivity index (χ2n) is 7.54. The van der Waals surface area contributed by atoms with E-state index in [0.29, 0.717) is 25.7 Å². The van der Waals surface area contributed by atoms with E-state index in [0.717, 1.165) is 61.2 Å². The summed E-state index contributed by atoms with van der Waals surface area (Å²) in [5.41, 5.74) is 2.06. The molecular weight excluding hydrogens is 380 g/mol. The van der Waals surface area contributed by atoms with Crippen molar-refractivity contribution >= 4 is 17.5 Å². The van der Waals surface area contributed by atoms with Crippen molar-refractivity contribution < 1.29 is 9.47 Å². The molecule has 0 bridgehead atoms. The van der Waals surface area contributed by atoms with Gasteiger partial charge in [0.05, 0.1) is 13.2 Å². The van der Waals surface area contributed by atoms with Gasteiger partial charge >= 0.3 is 0 Å². The normalized spacial score (nSPS) is 17.4. The number of hydrogen-bond donors (Lipinski definition) is 2. The smallest absolute Gasteiger partial charge is 0.195 e. The fourth-order valence-electron chi connectivity index (χ4n) is 3.61. The minimum Gasteiger partial charge on any atom is -0.490 e. The van der Waals surface area contributed by atoms with Crippen molar-refractivity contribution in [1.29, 1.82) is 0 Å². The Bertz CT molecular complexity index is 880. The maximum absolute atomic E-state index is 5.78. The Kier molecular flexibility index (Phi) is 6.53. The van der Waals surface area contributed by atoms with Gasteiger partial charge in [0.2, 0.25) is 0 Å². The van der Waals surface area contributed by atoms with E-state index < -0.39 is 0 Å². The minimum absolute atomic E-state index is 0.639. The van der Waals surface area contributed by atoms with Crippen molar-refractivity contribution in [3.8, 4) is 11.5 Å². The molecule has 0 spiro atoms. The van der Waals surface area contributed by atoms with Crippen LogP contribution < -0.4 is 25.0 Å². The number of ether oxygens (including phenoxy) is 2. The molecule has 160 valence electrons. The van der Waals surface area contributed by atoms with Crippen LogP contribution in [-0.4, -0.2) is 69.3 Å². The Hall–Kier alpha value is -3.00. The van der Waals surface area contributed by atoms with Crippen LogP contribution in [-0.2, 0) is 6.54 Å². The molecular formula is C22H30N6O2. The first-order chi connectivity index (χ1) is 14.7. The average molecular weight is 411 g/mol. The number of benzene rings is 1. The van der Waals surface area contributed by atoms with Gasteiger partial charge in [-0.05, 0) is 25.2 Å². The molecule has 8 heteroatoms. The van der Waals surface area contributed by atoms with Crippen LogP contribution in [0.1, 0.15) is 12.0 Å². The molecule has 1 fully saturated rings. The summed E-state index contributed by atoms with van der Waals surface area (Å²) in [6.45, 7) is 6.08. The number of pyridine rings is 1. The van der Waals surface area contributed by atoms with Crippen molar-refractivity contribution in [3.05, 3.63) is 42.1 Å².